The predicted molar refractivity (Wildman–Crippen MR) is 77.4 cm³/mol. The largest absolute Gasteiger partial charge is 0.497 e. The van der Waals surface area contributed by atoms with Crippen LogP contribution in [-0.4, -0.2) is 39.8 Å². The lowest BCUT2D eigenvalue weighted by molar-refractivity contribution is 0.0956. The van der Waals surface area contributed by atoms with Crippen molar-refractivity contribution >= 4 is 15.9 Å². The number of amides is 1. The van der Waals surface area contributed by atoms with Crippen LogP contribution in [0.3, 0.4) is 0 Å². The van der Waals surface area contributed by atoms with E-state index in [1.54, 1.807) is 38.1 Å². The Hall–Kier alpha value is -1.60. The molecule has 0 saturated carbocycles. The number of sulfonamides is 1. The van der Waals surface area contributed by atoms with E-state index in [2.05, 4.69) is 10.0 Å². The molecule has 112 valence electrons. The molecule has 7 heteroatoms. The molecule has 0 aromatic heterocycles. The highest BCUT2D eigenvalue weighted by molar-refractivity contribution is 7.89. The van der Waals surface area contributed by atoms with Gasteiger partial charge in [0.15, 0.2) is 0 Å². The highest BCUT2D eigenvalue weighted by Crippen LogP contribution is 2.12. The lowest BCUT2D eigenvalue weighted by Crippen LogP contribution is -2.37. The van der Waals surface area contributed by atoms with Crippen molar-refractivity contribution in [1.29, 1.82) is 0 Å². The van der Waals surface area contributed by atoms with Crippen molar-refractivity contribution in [3.8, 4) is 5.75 Å². The first kappa shape index (κ1) is 16.5. The second kappa shape index (κ2) is 7.25. The Labute approximate surface area is 119 Å². The number of methoxy groups -OCH3 is 1. The lowest BCUT2D eigenvalue weighted by atomic mass is 10.2. The van der Waals surface area contributed by atoms with Crippen LogP contribution in [-0.2, 0) is 10.0 Å². The fourth-order valence-corrected chi connectivity index (χ4v) is 2.79. The number of rotatable bonds is 7. The zero-order chi connectivity index (χ0) is 15.2. The molecule has 2 N–H and O–H groups in total. The zero-order valence-corrected chi connectivity index (χ0v) is 12.7. The van der Waals surface area contributed by atoms with Gasteiger partial charge in [-0.1, -0.05) is 6.07 Å². The summed E-state index contributed by atoms with van der Waals surface area (Å²) in [4.78, 5) is 11.8. The fourth-order valence-electron chi connectivity index (χ4n) is 1.58. The average molecular weight is 300 g/mol. The van der Waals surface area contributed by atoms with Crippen LogP contribution < -0.4 is 14.8 Å². The van der Waals surface area contributed by atoms with Crippen LogP contribution >= 0.6 is 0 Å². The molecule has 1 rings (SSSR count). The van der Waals surface area contributed by atoms with Gasteiger partial charge in [-0.25, -0.2) is 13.1 Å². The summed E-state index contributed by atoms with van der Waals surface area (Å²) in [6.07, 6.45) is 0. The molecule has 0 aliphatic carbocycles. The minimum Gasteiger partial charge on any atom is -0.497 e. The minimum atomic E-state index is -3.36. The van der Waals surface area contributed by atoms with Crippen LogP contribution in [0.15, 0.2) is 24.3 Å². The molecule has 0 bridgehead atoms. The molecule has 0 spiro atoms. The monoisotopic (exact) mass is 300 g/mol. The van der Waals surface area contributed by atoms with Crippen molar-refractivity contribution in [3.63, 3.8) is 0 Å². The molecule has 20 heavy (non-hydrogen) atoms. The summed E-state index contributed by atoms with van der Waals surface area (Å²) >= 11 is 0. The maximum absolute atomic E-state index is 11.8. The van der Waals surface area contributed by atoms with Gasteiger partial charge < -0.3 is 10.1 Å². The van der Waals surface area contributed by atoms with E-state index in [0.717, 1.165) is 0 Å². The van der Waals surface area contributed by atoms with E-state index in [1.165, 1.54) is 7.11 Å². The van der Waals surface area contributed by atoms with Crippen LogP contribution in [0.5, 0.6) is 5.75 Å². The zero-order valence-electron chi connectivity index (χ0n) is 11.8. The Kier molecular flexibility index (Phi) is 5.97. The number of carbonyl (C=O) groups excluding carboxylic acids is 1. The van der Waals surface area contributed by atoms with Gasteiger partial charge in [0.2, 0.25) is 10.0 Å². The molecule has 1 amide bonds. The first-order valence-electron chi connectivity index (χ1n) is 6.26. The van der Waals surface area contributed by atoms with E-state index in [1.807, 2.05) is 0 Å². The van der Waals surface area contributed by atoms with Gasteiger partial charge in [-0.3, -0.25) is 4.79 Å². The summed E-state index contributed by atoms with van der Waals surface area (Å²) in [7, 11) is -1.85. The van der Waals surface area contributed by atoms with E-state index in [4.69, 9.17) is 4.74 Å². The third-order valence-corrected chi connectivity index (χ3v) is 3.98. The van der Waals surface area contributed by atoms with Gasteiger partial charge >= 0.3 is 0 Å². The van der Waals surface area contributed by atoms with Crippen LogP contribution in [0.1, 0.15) is 24.2 Å². The molecule has 6 nitrogen and oxygen atoms in total. The summed E-state index contributed by atoms with van der Waals surface area (Å²) in [5.74, 6) is 0.0938. The maximum atomic E-state index is 11.8. The topological polar surface area (TPSA) is 84.5 Å². The number of nitrogens with one attached hydrogen (secondary N) is 2. The van der Waals surface area contributed by atoms with Crippen molar-refractivity contribution in [2.24, 2.45) is 0 Å². The standard InChI is InChI=1S/C13H20N2O4S/c1-10(2)15-20(17,18)8-7-14-13(16)11-5-4-6-12(9-11)19-3/h4-6,9-10,15H,7-8H2,1-3H3,(H,14,16). The van der Waals surface area contributed by atoms with E-state index in [-0.39, 0.29) is 24.2 Å². The van der Waals surface area contributed by atoms with E-state index >= 15 is 0 Å². The third kappa shape index (κ3) is 5.58. The fraction of sp³-hybridized carbons (Fsp3) is 0.462. The summed E-state index contributed by atoms with van der Waals surface area (Å²) in [5.41, 5.74) is 0.429. The molecule has 0 radical (unpaired) electrons. The van der Waals surface area contributed by atoms with Gasteiger partial charge in [0.05, 0.1) is 12.9 Å². The van der Waals surface area contributed by atoms with E-state index in [9.17, 15) is 13.2 Å². The highest BCUT2D eigenvalue weighted by atomic mass is 32.2. The highest BCUT2D eigenvalue weighted by Gasteiger charge is 2.13. The average Bonchev–Trinajstić information content (AvgIpc) is 2.36. The summed E-state index contributed by atoms with van der Waals surface area (Å²) < 4.78 is 30.6. The molecule has 0 heterocycles. The lowest BCUT2D eigenvalue weighted by Gasteiger charge is -2.10. The first-order chi connectivity index (χ1) is 9.34. The van der Waals surface area contributed by atoms with Gasteiger partial charge in [-0.15, -0.1) is 0 Å². The quantitative estimate of drug-likeness (QED) is 0.778. The van der Waals surface area contributed by atoms with Gasteiger partial charge in [0.1, 0.15) is 5.75 Å². The van der Waals surface area contributed by atoms with E-state index in [0.29, 0.717) is 11.3 Å². The van der Waals surface area contributed by atoms with Crippen molar-refractivity contribution in [2.75, 3.05) is 19.4 Å². The Bertz CT molecular complexity index is 555. The number of benzene rings is 1. The molecular weight excluding hydrogens is 280 g/mol. The first-order valence-corrected chi connectivity index (χ1v) is 7.91. The third-order valence-electron chi connectivity index (χ3n) is 2.40. The van der Waals surface area contributed by atoms with Crippen molar-refractivity contribution in [3.05, 3.63) is 29.8 Å². The number of hydrogen-bond acceptors (Lipinski definition) is 4. The van der Waals surface area contributed by atoms with Gasteiger partial charge in [0, 0.05) is 18.2 Å². The van der Waals surface area contributed by atoms with Crippen LogP contribution in [0, 0.1) is 0 Å². The SMILES string of the molecule is COc1cccc(C(=O)NCCS(=O)(=O)NC(C)C)c1. The van der Waals surface area contributed by atoms with Crippen molar-refractivity contribution in [1.82, 2.24) is 10.0 Å². The van der Waals surface area contributed by atoms with Crippen molar-refractivity contribution in [2.45, 2.75) is 19.9 Å². The number of carbonyl (C=O) groups is 1. The molecule has 0 saturated heterocycles. The minimum absolute atomic E-state index is 0.0537. The summed E-state index contributed by atoms with van der Waals surface area (Å²) in [6.45, 7) is 3.54. The summed E-state index contributed by atoms with van der Waals surface area (Å²) in [5, 5.41) is 2.57. The predicted octanol–water partition coefficient (Wildman–Crippen LogP) is 0.753. The van der Waals surface area contributed by atoms with Crippen LogP contribution in [0.2, 0.25) is 0 Å². The second-order valence-corrected chi connectivity index (χ2v) is 6.45. The second-order valence-electron chi connectivity index (χ2n) is 4.58. The molecule has 0 aliphatic rings. The molecule has 1 aromatic rings. The van der Waals surface area contributed by atoms with Gasteiger partial charge in [0.25, 0.3) is 5.91 Å². The Morgan fingerprint density at radius 2 is 2.05 bits per heavy atom. The molecule has 0 atom stereocenters. The molecule has 0 aliphatic heterocycles. The Morgan fingerprint density at radius 3 is 2.65 bits per heavy atom. The summed E-state index contributed by atoms with van der Waals surface area (Å²) in [6, 6.07) is 6.50. The number of hydrogen-bond donors (Lipinski definition) is 2. The molecule has 0 fully saturated rings. The molecule has 0 unspecified atom stereocenters. The van der Waals surface area contributed by atoms with Crippen LogP contribution in [0.25, 0.3) is 0 Å². The number of ether oxygens (including phenoxy) is 1. The normalized spacial score (nSPS) is 11.4. The van der Waals surface area contributed by atoms with Gasteiger partial charge in [-0.2, -0.15) is 0 Å². The molecule has 1 aromatic carbocycles. The Morgan fingerprint density at radius 1 is 1.35 bits per heavy atom. The van der Waals surface area contributed by atoms with Crippen molar-refractivity contribution < 1.29 is 17.9 Å². The maximum Gasteiger partial charge on any atom is 0.251 e. The Balaban J connectivity index is 2.51. The van der Waals surface area contributed by atoms with Crippen LogP contribution in [0.4, 0.5) is 0 Å². The van der Waals surface area contributed by atoms with E-state index < -0.39 is 10.0 Å². The smallest absolute Gasteiger partial charge is 0.251 e. The molecular formula is C13H20N2O4S. The van der Waals surface area contributed by atoms with Gasteiger partial charge in [-0.05, 0) is 32.0 Å².